The summed E-state index contributed by atoms with van der Waals surface area (Å²) in [5, 5.41) is 4.20. The molecule has 1 aromatic heterocycles. The quantitative estimate of drug-likeness (QED) is 0.921. The zero-order valence-corrected chi connectivity index (χ0v) is 11.6. The van der Waals surface area contributed by atoms with E-state index in [1.54, 1.807) is 25.6 Å². The minimum absolute atomic E-state index is 0.129. The van der Waals surface area contributed by atoms with Gasteiger partial charge in [-0.2, -0.15) is 11.3 Å². The zero-order valence-electron chi connectivity index (χ0n) is 10.8. The van der Waals surface area contributed by atoms with E-state index in [0.717, 1.165) is 16.9 Å². The van der Waals surface area contributed by atoms with Crippen LogP contribution in [0.2, 0.25) is 0 Å². The molecule has 4 heteroatoms. The average Bonchev–Trinajstić information content (AvgIpc) is 2.83. The Balaban J connectivity index is 2.37. The zero-order chi connectivity index (χ0) is 13.1. The molecule has 3 nitrogen and oxygen atoms in total. The van der Waals surface area contributed by atoms with Crippen LogP contribution in [0.3, 0.4) is 0 Å². The first-order valence-electron chi connectivity index (χ1n) is 5.67. The standard InChI is InChI=1S/C14H17NO2S/c1-9-7-18-8-11(9)14(15)10-4-5-12(16-2)13(6-10)17-3/h4-8,14H,15H2,1-3H3. The molecule has 0 radical (unpaired) electrons. The van der Waals surface area contributed by atoms with Gasteiger partial charge < -0.3 is 15.2 Å². The largest absolute Gasteiger partial charge is 0.493 e. The Kier molecular flexibility index (Phi) is 3.89. The van der Waals surface area contributed by atoms with Crippen LogP contribution < -0.4 is 15.2 Å². The third-order valence-corrected chi connectivity index (χ3v) is 3.88. The molecule has 18 heavy (non-hydrogen) atoms. The van der Waals surface area contributed by atoms with Crippen LogP contribution in [0.4, 0.5) is 0 Å². The molecule has 0 spiro atoms. The van der Waals surface area contributed by atoms with Crippen molar-refractivity contribution < 1.29 is 9.47 Å². The van der Waals surface area contributed by atoms with Crippen LogP contribution in [0, 0.1) is 6.92 Å². The van der Waals surface area contributed by atoms with Crippen molar-refractivity contribution >= 4 is 11.3 Å². The summed E-state index contributed by atoms with van der Waals surface area (Å²) < 4.78 is 10.5. The third-order valence-electron chi connectivity index (χ3n) is 3.00. The molecular weight excluding hydrogens is 246 g/mol. The molecule has 2 rings (SSSR count). The monoisotopic (exact) mass is 263 g/mol. The lowest BCUT2D eigenvalue weighted by Gasteiger charge is -2.15. The Labute approximate surface area is 111 Å². The molecule has 0 bridgehead atoms. The molecule has 2 N–H and O–H groups in total. The minimum atomic E-state index is -0.129. The normalized spacial score (nSPS) is 12.2. The van der Waals surface area contributed by atoms with Gasteiger partial charge in [0.05, 0.1) is 20.3 Å². The van der Waals surface area contributed by atoms with Crippen molar-refractivity contribution in [3.05, 3.63) is 45.6 Å². The second-order valence-corrected chi connectivity index (χ2v) is 4.85. The second kappa shape index (κ2) is 5.42. The highest BCUT2D eigenvalue weighted by Gasteiger charge is 2.14. The van der Waals surface area contributed by atoms with Crippen molar-refractivity contribution in [1.29, 1.82) is 0 Å². The molecular formula is C14H17NO2S. The lowest BCUT2D eigenvalue weighted by Crippen LogP contribution is -2.12. The van der Waals surface area contributed by atoms with Crippen molar-refractivity contribution in [3.8, 4) is 11.5 Å². The maximum atomic E-state index is 6.29. The molecule has 0 amide bonds. The highest BCUT2D eigenvalue weighted by atomic mass is 32.1. The maximum absolute atomic E-state index is 6.29. The summed E-state index contributed by atoms with van der Waals surface area (Å²) in [6.45, 7) is 2.08. The van der Waals surface area contributed by atoms with E-state index in [2.05, 4.69) is 17.7 Å². The van der Waals surface area contributed by atoms with Gasteiger partial charge in [-0.15, -0.1) is 0 Å². The minimum Gasteiger partial charge on any atom is -0.493 e. The summed E-state index contributed by atoms with van der Waals surface area (Å²) in [6.07, 6.45) is 0. The van der Waals surface area contributed by atoms with E-state index in [9.17, 15) is 0 Å². The van der Waals surface area contributed by atoms with Gasteiger partial charge in [0.2, 0.25) is 0 Å². The molecule has 0 aliphatic rings. The summed E-state index contributed by atoms with van der Waals surface area (Å²) in [6, 6.07) is 5.66. The van der Waals surface area contributed by atoms with Gasteiger partial charge in [0.15, 0.2) is 11.5 Å². The van der Waals surface area contributed by atoms with Crippen LogP contribution in [0.1, 0.15) is 22.7 Å². The van der Waals surface area contributed by atoms with Gasteiger partial charge in [-0.3, -0.25) is 0 Å². The molecule has 1 heterocycles. The van der Waals surface area contributed by atoms with E-state index >= 15 is 0 Å². The number of hydrogen-bond acceptors (Lipinski definition) is 4. The van der Waals surface area contributed by atoms with Gasteiger partial charge in [0.25, 0.3) is 0 Å². The summed E-state index contributed by atoms with van der Waals surface area (Å²) in [7, 11) is 3.25. The molecule has 1 unspecified atom stereocenters. The van der Waals surface area contributed by atoms with E-state index in [0.29, 0.717) is 5.75 Å². The number of rotatable bonds is 4. The predicted molar refractivity (Wildman–Crippen MR) is 74.6 cm³/mol. The summed E-state index contributed by atoms with van der Waals surface area (Å²) in [5.41, 5.74) is 9.69. The number of aryl methyl sites for hydroxylation is 1. The fraction of sp³-hybridized carbons (Fsp3) is 0.286. The van der Waals surface area contributed by atoms with Crippen LogP contribution in [-0.4, -0.2) is 14.2 Å². The number of hydrogen-bond donors (Lipinski definition) is 1. The number of thiophene rings is 1. The summed E-state index contributed by atoms with van der Waals surface area (Å²) >= 11 is 1.67. The summed E-state index contributed by atoms with van der Waals surface area (Å²) in [4.78, 5) is 0. The van der Waals surface area contributed by atoms with Crippen molar-refractivity contribution in [3.63, 3.8) is 0 Å². The molecule has 0 saturated heterocycles. The van der Waals surface area contributed by atoms with Gasteiger partial charge in [-0.25, -0.2) is 0 Å². The average molecular weight is 263 g/mol. The van der Waals surface area contributed by atoms with E-state index in [-0.39, 0.29) is 6.04 Å². The van der Waals surface area contributed by atoms with Gasteiger partial charge in [-0.1, -0.05) is 6.07 Å². The van der Waals surface area contributed by atoms with E-state index in [1.165, 1.54) is 5.56 Å². The Morgan fingerprint density at radius 2 is 1.83 bits per heavy atom. The second-order valence-electron chi connectivity index (χ2n) is 4.10. The van der Waals surface area contributed by atoms with E-state index < -0.39 is 0 Å². The molecule has 2 aromatic rings. The smallest absolute Gasteiger partial charge is 0.161 e. The number of benzene rings is 1. The maximum Gasteiger partial charge on any atom is 0.161 e. The van der Waals surface area contributed by atoms with Gasteiger partial charge in [-0.05, 0) is 46.5 Å². The molecule has 0 fully saturated rings. The Bertz CT molecular complexity index is 536. The van der Waals surface area contributed by atoms with Crippen molar-refractivity contribution in [2.75, 3.05) is 14.2 Å². The Morgan fingerprint density at radius 3 is 2.39 bits per heavy atom. The molecule has 0 aliphatic carbocycles. The van der Waals surface area contributed by atoms with Crippen molar-refractivity contribution in [2.24, 2.45) is 5.73 Å². The first kappa shape index (κ1) is 12.9. The van der Waals surface area contributed by atoms with Crippen molar-refractivity contribution in [2.45, 2.75) is 13.0 Å². The molecule has 1 atom stereocenters. The highest BCUT2D eigenvalue weighted by molar-refractivity contribution is 7.08. The van der Waals surface area contributed by atoms with Crippen LogP contribution in [-0.2, 0) is 0 Å². The fourth-order valence-electron chi connectivity index (χ4n) is 1.91. The van der Waals surface area contributed by atoms with Crippen LogP contribution >= 0.6 is 11.3 Å². The van der Waals surface area contributed by atoms with Crippen LogP contribution in [0.25, 0.3) is 0 Å². The molecule has 0 saturated carbocycles. The first-order valence-corrected chi connectivity index (χ1v) is 6.62. The third kappa shape index (κ3) is 2.35. The number of ether oxygens (including phenoxy) is 2. The Morgan fingerprint density at radius 1 is 1.11 bits per heavy atom. The lowest BCUT2D eigenvalue weighted by molar-refractivity contribution is 0.354. The van der Waals surface area contributed by atoms with Crippen LogP contribution in [0.15, 0.2) is 29.0 Å². The van der Waals surface area contributed by atoms with Crippen LogP contribution in [0.5, 0.6) is 11.5 Å². The predicted octanol–water partition coefficient (Wildman–Crippen LogP) is 3.12. The number of nitrogens with two attached hydrogens (primary N) is 1. The van der Waals surface area contributed by atoms with Gasteiger partial charge in [0, 0.05) is 0 Å². The SMILES string of the molecule is COc1ccc(C(N)c2cscc2C)cc1OC. The van der Waals surface area contributed by atoms with Gasteiger partial charge >= 0.3 is 0 Å². The summed E-state index contributed by atoms with van der Waals surface area (Å²) in [5.74, 6) is 1.42. The van der Waals surface area contributed by atoms with Gasteiger partial charge in [0.1, 0.15) is 0 Å². The fourth-order valence-corrected chi connectivity index (χ4v) is 2.80. The molecule has 1 aromatic carbocycles. The highest BCUT2D eigenvalue weighted by Crippen LogP contribution is 2.32. The lowest BCUT2D eigenvalue weighted by atomic mass is 9.99. The Hall–Kier alpha value is -1.52. The molecule has 96 valence electrons. The van der Waals surface area contributed by atoms with Crippen molar-refractivity contribution in [1.82, 2.24) is 0 Å². The number of methoxy groups -OCH3 is 2. The van der Waals surface area contributed by atoms with E-state index in [1.807, 2.05) is 18.2 Å². The molecule has 0 aliphatic heterocycles. The first-order chi connectivity index (χ1) is 8.67. The van der Waals surface area contributed by atoms with E-state index in [4.69, 9.17) is 15.2 Å². The topological polar surface area (TPSA) is 44.5 Å².